The quantitative estimate of drug-likeness (QED) is 0.337. The number of allylic oxidation sites excluding steroid dienone is 1. The van der Waals surface area contributed by atoms with Gasteiger partial charge in [0.15, 0.2) is 5.13 Å². The number of amides is 2. The third-order valence-electron chi connectivity index (χ3n) is 5.17. The van der Waals surface area contributed by atoms with Crippen molar-refractivity contribution in [3.63, 3.8) is 0 Å². The number of nitrogen functional groups attached to an aromatic ring is 1. The number of carboxylic acids is 1. The number of aliphatic carboxylic acids is 1. The Bertz CT molecular complexity index is 1230. The van der Waals surface area contributed by atoms with Crippen LogP contribution >= 0.6 is 57.9 Å². The monoisotopic (exact) mass is 562 g/mol. The van der Waals surface area contributed by atoms with Crippen LogP contribution in [-0.2, 0) is 14.4 Å². The van der Waals surface area contributed by atoms with Gasteiger partial charge in [0.05, 0.1) is 21.0 Å². The smallest absolute Gasteiger partial charge is 0.353 e. The molecule has 0 radical (unpaired) electrons. The van der Waals surface area contributed by atoms with E-state index in [2.05, 4.69) is 20.5 Å². The van der Waals surface area contributed by atoms with Gasteiger partial charge in [-0.25, -0.2) is 9.78 Å². The zero-order valence-electron chi connectivity index (χ0n) is 16.7. The number of nitrogens with one attached hydrogen (secondary N) is 1. The molecule has 2 unspecified atom stereocenters. The van der Waals surface area contributed by atoms with Gasteiger partial charge in [-0.2, -0.15) is 0 Å². The molecule has 1 saturated heterocycles. The fraction of sp³-hybridized carbons (Fsp3) is 0.278. The second kappa shape index (κ2) is 9.66. The SMILES string of the molecule is Nc1nc(C(N=O)C(=O)N[C@@H]2C(=O)N3C(C(=O)O)=C(Sc4c(Cl)cncc4Cl)CCC23)c(Cl)s1. The number of nitrogens with two attached hydrogens (primary N) is 1. The number of halogens is 3. The van der Waals surface area contributed by atoms with E-state index in [9.17, 15) is 24.4 Å². The van der Waals surface area contributed by atoms with E-state index in [1.54, 1.807) is 0 Å². The third-order valence-corrected chi connectivity index (χ3v) is 8.37. The van der Waals surface area contributed by atoms with Crippen LogP contribution in [-0.4, -0.2) is 49.8 Å². The molecule has 0 saturated carbocycles. The molecule has 3 atom stereocenters. The standard InChI is InChI=1S/C18H13Cl3N6O5S2/c19-5-3-23-4-6(20)13(5)33-8-2-1-7-9(16(29)27(7)12(8)17(30)31)24-15(28)11(26-32)10-14(21)34-18(22)25-10/h3-4,7,9,11H,1-2H2,(H2,22,25)(H,24,28)(H,30,31)/t7?,9-,11?/m0/s1. The van der Waals surface area contributed by atoms with E-state index >= 15 is 0 Å². The first-order valence-corrected chi connectivity index (χ1v) is 12.2. The molecule has 0 aromatic carbocycles. The molecule has 2 amide bonds. The summed E-state index contributed by atoms with van der Waals surface area (Å²) in [6.07, 6.45) is 3.39. The number of carboxylic acid groups (broad SMARTS) is 1. The van der Waals surface area contributed by atoms with Crippen LogP contribution in [0, 0.1) is 4.91 Å². The number of carbonyl (C=O) groups is 3. The first-order chi connectivity index (χ1) is 16.1. The minimum absolute atomic E-state index is 0.0303. The summed E-state index contributed by atoms with van der Waals surface area (Å²) in [4.78, 5) is 58.5. The Morgan fingerprint density at radius 2 is 2.00 bits per heavy atom. The van der Waals surface area contributed by atoms with Gasteiger partial charge in [-0.05, 0) is 18.0 Å². The number of pyridine rings is 1. The van der Waals surface area contributed by atoms with Crippen molar-refractivity contribution in [2.24, 2.45) is 5.18 Å². The zero-order valence-corrected chi connectivity index (χ0v) is 20.6. The van der Waals surface area contributed by atoms with Crippen molar-refractivity contribution >= 4 is 80.8 Å². The molecule has 2 aliphatic rings. The first kappa shape index (κ1) is 24.7. The van der Waals surface area contributed by atoms with Crippen LogP contribution in [0.15, 0.2) is 33.1 Å². The van der Waals surface area contributed by atoms with Crippen molar-refractivity contribution in [2.45, 2.75) is 35.9 Å². The van der Waals surface area contributed by atoms with Gasteiger partial charge in [-0.3, -0.25) is 19.5 Å². The molecule has 11 nitrogen and oxygen atoms in total. The average molecular weight is 564 g/mol. The zero-order chi connectivity index (χ0) is 24.7. The number of fused-ring (bicyclic) bond motifs is 1. The predicted octanol–water partition coefficient (Wildman–Crippen LogP) is 3.47. The Labute approximate surface area is 214 Å². The summed E-state index contributed by atoms with van der Waals surface area (Å²) in [6, 6.07) is -3.28. The summed E-state index contributed by atoms with van der Waals surface area (Å²) < 4.78 is 0.0303. The molecule has 4 rings (SSSR count). The lowest BCUT2D eigenvalue weighted by atomic mass is 9.86. The van der Waals surface area contributed by atoms with Crippen LogP contribution in [0.3, 0.4) is 0 Å². The van der Waals surface area contributed by atoms with Gasteiger partial charge in [0.25, 0.3) is 11.8 Å². The van der Waals surface area contributed by atoms with E-state index < -0.39 is 35.9 Å². The Morgan fingerprint density at radius 3 is 2.56 bits per heavy atom. The summed E-state index contributed by atoms with van der Waals surface area (Å²) in [5, 5.41) is 15.6. The summed E-state index contributed by atoms with van der Waals surface area (Å²) in [5.74, 6) is -2.85. The summed E-state index contributed by atoms with van der Waals surface area (Å²) in [7, 11) is 0. The number of nitroso groups, excluding NO2 is 1. The number of rotatable bonds is 7. The number of hydrogen-bond acceptors (Lipinski definition) is 10. The number of carbonyl (C=O) groups excluding carboxylic acids is 2. The first-order valence-electron chi connectivity index (χ1n) is 9.45. The minimum atomic E-state index is -1.61. The molecular formula is C18H13Cl3N6O5S2. The predicted molar refractivity (Wildman–Crippen MR) is 127 cm³/mol. The molecule has 2 aromatic heterocycles. The number of hydrogen-bond donors (Lipinski definition) is 3. The summed E-state index contributed by atoms with van der Waals surface area (Å²) >= 11 is 20.2. The second-order valence-corrected chi connectivity index (χ2v) is 10.7. The highest BCUT2D eigenvalue weighted by Crippen LogP contribution is 2.46. The highest BCUT2D eigenvalue weighted by atomic mass is 35.5. The van der Waals surface area contributed by atoms with Crippen LogP contribution in [0.1, 0.15) is 24.6 Å². The lowest BCUT2D eigenvalue weighted by Crippen LogP contribution is -2.71. The molecule has 178 valence electrons. The topological polar surface area (TPSA) is 168 Å². The molecule has 4 heterocycles. The van der Waals surface area contributed by atoms with Crippen molar-refractivity contribution in [3.8, 4) is 0 Å². The van der Waals surface area contributed by atoms with Gasteiger partial charge in [0.1, 0.15) is 21.8 Å². The van der Waals surface area contributed by atoms with E-state index in [0.29, 0.717) is 16.2 Å². The van der Waals surface area contributed by atoms with Gasteiger partial charge < -0.3 is 16.2 Å². The van der Waals surface area contributed by atoms with Gasteiger partial charge in [0.2, 0.25) is 6.04 Å². The highest BCUT2D eigenvalue weighted by Gasteiger charge is 2.54. The van der Waals surface area contributed by atoms with Crippen LogP contribution in [0.5, 0.6) is 0 Å². The number of β-lactam (4-membered cyclic amide) rings is 1. The van der Waals surface area contributed by atoms with E-state index in [-0.39, 0.29) is 37.3 Å². The van der Waals surface area contributed by atoms with Gasteiger partial charge >= 0.3 is 5.97 Å². The van der Waals surface area contributed by atoms with E-state index in [4.69, 9.17) is 40.5 Å². The van der Waals surface area contributed by atoms with Crippen LogP contribution in [0.25, 0.3) is 0 Å². The molecule has 0 aliphatic carbocycles. The van der Waals surface area contributed by atoms with Crippen molar-refractivity contribution < 1.29 is 19.5 Å². The summed E-state index contributed by atoms with van der Waals surface area (Å²) in [5.41, 5.74) is 5.22. The number of anilines is 1. The Balaban J connectivity index is 1.55. The molecule has 2 aromatic rings. The lowest BCUT2D eigenvalue weighted by molar-refractivity contribution is -0.156. The van der Waals surface area contributed by atoms with E-state index in [1.165, 1.54) is 12.4 Å². The molecule has 16 heteroatoms. The Hall–Kier alpha value is -2.45. The molecule has 4 N–H and O–H groups in total. The minimum Gasteiger partial charge on any atom is -0.477 e. The molecule has 0 bridgehead atoms. The molecule has 2 aliphatic heterocycles. The average Bonchev–Trinajstić information content (AvgIpc) is 3.12. The molecular weight excluding hydrogens is 551 g/mol. The number of thiazole rings is 1. The van der Waals surface area contributed by atoms with Crippen molar-refractivity contribution in [1.82, 2.24) is 20.2 Å². The largest absolute Gasteiger partial charge is 0.477 e. The second-order valence-electron chi connectivity index (χ2n) is 7.13. The number of aromatic nitrogens is 2. The normalized spacial score (nSPS) is 20.4. The number of thioether (sulfide) groups is 1. The third kappa shape index (κ3) is 4.33. The van der Waals surface area contributed by atoms with Gasteiger partial charge in [-0.1, -0.05) is 57.9 Å². The van der Waals surface area contributed by atoms with Gasteiger partial charge in [-0.15, -0.1) is 4.91 Å². The molecule has 1 fully saturated rings. The van der Waals surface area contributed by atoms with Crippen LogP contribution < -0.4 is 11.1 Å². The van der Waals surface area contributed by atoms with Crippen molar-refractivity contribution in [2.75, 3.05) is 5.73 Å². The fourth-order valence-corrected chi connectivity index (χ4v) is 6.32. The van der Waals surface area contributed by atoms with E-state index in [0.717, 1.165) is 28.0 Å². The fourth-order valence-electron chi connectivity index (χ4n) is 3.70. The summed E-state index contributed by atoms with van der Waals surface area (Å²) in [6.45, 7) is 0. The lowest BCUT2D eigenvalue weighted by Gasteiger charge is -2.50. The maximum atomic E-state index is 12.9. The van der Waals surface area contributed by atoms with E-state index in [1.807, 2.05) is 0 Å². The van der Waals surface area contributed by atoms with Crippen molar-refractivity contribution in [1.29, 1.82) is 0 Å². The molecule has 34 heavy (non-hydrogen) atoms. The van der Waals surface area contributed by atoms with Crippen LogP contribution in [0.2, 0.25) is 14.4 Å². The highest BCUT2D eigenvalue weighted by molar-refractivity contribution is 8.03. The Kier molecular flexibility index (Phi) is 7.01. The maximum absolute atomic E-state index is 12.9. The van der Waals surface area contributed by atoms with Gasteiger partial charge in [0, 0.05) is 17.3 Å². The van der Waals surface area contributed by atoms with Crippen LogP contribution in [0.4, 0.5) is 5.13 Å². The van der Waals surface area contributed by atoms with Crippen molar-refractivity contribution in [3.05, 3.63) is 48.0 Å². The molecule has 0 spiro atoms. The Morgan fingerprint density at radius 1 is 1.32 bits per heavy atom. The maximum Gasteiger partial charge on any atom is 0.353 e. The number of nitrogens with zero attached hydrogens (tertiary/aromatic N) is 4.